The lowest BCUT2D eigenvalue weighted by molar-refractivity contribution is -0.133. The van der Waals surface area contributed by atoms with Crippen molar-refractivity contribution >= 4 is 35.1 Å². The molecule has 1 aromatic rings. The number of carbonyl (C=O) groups is 3. The lowest BCUT2D eigenvalue weighted by atomic mass is 10.1. The number of hydrogen-bond acceptors (Lipinski definition) is 4. The summed E-state index contributed by atoms with van der Waals surface area (Å²) in [5, 5.41) is 10.9. The van der Waals surface area contributed by atoms with Gasteiger partial charge < -0.3 is 10.4 Å². The van der Waals surface area contributed by atoms with E-state index in [1.807, 2.05) is 0 Å². The van der Waals surface area contributed by atoms with Gasteiger partial charge >= 0.3 is 5.97 Å². The Morgan fingerprint density at radius 3 is 2.81 bits per heavy atom. The molecular formula is C10H7NO4S. The first kappa shape index (κ1) is 10.7. The van der Waals surface area contributed by atoms with E-state index in [9.17, 15) is 14.4 Å². The molecule has 5 nitrogen and oxygen atoms in total. The van der Waals surface area contributed by atoms with Crippen LogP contribution >= 0.6 is 11.8 Å². The molecule has 0 atom stereocenters. The Kier molecular flexibility index (Phi) is 2.66. The van der Waals surface area contributed by atoms with Gasteiger partial charge in [0.2, 0.25) is 0 Å². The van der Waals surface area contributed by atoms with Crippen molar-refractivity contribution in [3.8, 4) is 0 Å². The van der Waals surface area contributed by atoms with Crippen LogP contribution in [0.3, 0.4) is 0 Å². The largest absolute Gasteiger partial charge is 0.481 e. The average Bonchev–Trinajstić information content (AvgIpc) is 2.52. The van der Waals surface area contributed by atoms with E-state index in [0.29, 0.717) is 16.1 Å². The van der Waals surface area contributed by atoms with Crippen molar-refractivity contribution in [2.45, 2.75) is 4.90 Å². The van der Waals surface area contributed by atoms with Crippen molar-refractivity contribution < 1.29 is 19.5 Å². The molecule has 0 unspecified atom stereocenters. The maximum absolute atomic E-state index is 11.3. The van der Waals surface area contributed by atoms with Gasteiger partial charge in [-0.3, -0.25) is 14.4 Å². The van der Waals surface area contributed by atoms with Gasteiger partial charge in [-0.2, -0.15) is 0 Å². The lowest BCUT2D eigenvalue weighted by Gasteiger charge is -2.01. The van der Waals surface area contributed by atoms with E-state index in [2.05, 4.69) is 5.32 Å². The number of ketones is 1. The van der Waals surface area contributed by atoms with Gasteiger partial charge in [0, 0.05) is 4.90 Å². The van der Waals surface area contributed by atoms with Gasteiger partial charge in [0.15, 0.2) is 0 Å². The number of thioether (sulfide) groups is 1. The van der Waals surface area contributed by atoms with Crippen LogP contribution in [0.2, 0.25) is 0 Å². The second-order valence-electron chi connectivity index (χ2n) is 3.17. The average molecular weight is 237 g/mol. The second kappa shape index (κ2) is 3.97. The molecule has 2 N–H and O–H groups in total. The van der Waals surface area contributed by atoms with Gasteiger partial charge in [-0.25, -0.2) is 0 Å². The molecule has 16 heavy (non-hydrogen) atoms. The summed E-state index contributed by atoms with van der Waals surface area (Å²) in [6.45, 7) is 0. The van der Waals surface area contributed by atoms with Crippen LogP contribution in [0.4, 0.5) is 5.69 Å². The quantitative estimate of drug-likeness (QED) is 0.605. The Labute approximate surface area is 94.8 Å². The molecule has 82 valence electrons. The first-order valence-electron chi connectivity index (χ1n) is 4.42. The molecule has 0 aliphatic carbocycles. The summed E-state index contributed by atoms with van der Waals surface area (Å²) in [7, 11) is 0. The summed E-state index contributed by atoms with van der Waals surface area (Å²) in [6, 6.07) is 4.76. The minimum Gasteiger partial charge on any atom is -0.481 e. The van der Waals surface area contributed by atoms with Crippen molar-refractivity contribution in [2.75, 3.05) is 11.1 Å². The highest BCUT2D eigenvalue weighted by molar-refractivity contribution is 8.00. The zero-order chi connectivity index (χ0) is 11.7. The topological polar surface area (TPSA) is 83.5 Å². The molecule has 0 aromatic heterocycles. The number of amides is 1. The number of carboxylic acid groups (broad SMARTS) is 1. The second-order valence-corrected chi connectivity index (χ2v) is 4.22. The standard InChI is InChI=1S/C10H7NO4S/c12-8(13)4-16-5-1-2-6-7(3-5)11-10(15)9(6)14/h1-3H,4H2,(H,12,13)(H,11,14,15). The Morgan fingerprint density at radius 2 is 2.12 bits per heavy atom. The van der Waals surface area contributed by atoms with Crippen LogP contribution in [-0.4, -0.2) is 28.5 Å². The summed E-state index contributed by atoms with van der Waals surface area (Å²) < 4.78 is 0. The predicted molar refractivity (Wildman–Crippen MR) is 57.8 cm³/mol. The molecular weight excluding hydrogens is 230 g/mol. The van der Waals surface area contributed by atoms with Crippen LogP contribution in [0.15, 0.2) is 23.1 Å². The Morgan fingerprint density at radius 1 is 1.38 bits per heavy atom. The number of carbonyl (C=O) groups excluding carboxylic acids is 2. The van der Waals surface area contributed by atoms with Crippen molar-refractivity contribution in [1.29, 1.82) is 0 Å². The number of aliphatic carboxylic acids is 1. The molecule has 1 amide bonds. The predicted octanol–water partition coefficient (Wildman–Crippen LogP) is 0.998. The number of nitrogens with one attached hydrogen (secondary N) is 1. The fourth-order valence-corrected chi connectivity index (χ4v) is 2.02. The summed E-state index contributed by atoms with van der Waals surface area (Å²) in [6.07, 6.45) is 0. The van der Waals surface area contributed by atoms with E-state index in [1.165, 1.54) is 6.07 Å². The van der Waals surface area contributed by atoms with Crippen LogP contribution < -0.4 is 5.32 Å². The summed E-state index contributed by atoms with van der Waals surface area (Å²) >= 11 is 1.13. The minimum atomic E-state index is -0.911. The first-order valence-corrected chi connectivity index (χ1v) is 5.41. The van der Waals surface area contributed by atoms with E-state index < -0.39 is 17.7 Å². The Bertz CT molecular complexity index is 498. The van der Waals surface area contributed by atoms with Crippen LogP contribution in [0.5, 0.6) is 0 Å². The molecule has 1 aliphatic heterocycles. The maximum atomic E-state index is 11.3. The fourth-order valence-electron chi connectivity index (χ4n) is 1.36. The summed E-state index contributed by atoms with van der Waals surface area (Å²) in [5.74, 6) is -2.16. The van der Waals surface area contributed by atoms with Crippen LogP contribution in [-0.2, 0) is 9.59 Å². The van der Waals surface area contributed by atoms with E-state index in [0.717, 1.165) is 11.8 Å². The van der Waals surface area contributed by atoms with E-state index in [4.69, 9.17) is 5.11 Å². The van der Waals surface area contributed by atoms with Gasteiger partial charge in [0.1, 0.15) is 0 Å². The maximum Gasteiger partial charge on any atom is 0.313 e. The third-order valence-electron chi connectivity index (χ3n) is 2.05. The molecule has 0 saturated heterocycles. The van der Waals surface area contributed by atoms with Gasteiger partial charge in [0.25, 0.3) is 11.7 Å². The highest BCUT2D eigenvalue weighted by atomic mass is 32.2. The summed E-state index contributed by atoms with van der Waals surface area (Å²) in [5.41, 5.74) is 0.787. The highest BCUT2D eigenvalue weighted by Crippen LogP contribution is 2.28. The van der Waals surface area contributed by atoms with Gasteiger partial charge in [-0.05, 0) is 18.2 Å². The number of benzene rings is 1. The number of fused-ring (bicyclic) bond motifs is 1. The van der Waals surface area contributed by atoms with Crippen molar-refractivity contribution in [3.63, 3.8) is 0 Å². The number of Topliss-reactive ketones (excluding diaryl/α,β-unsaturated/α-hetero) is 1. The number of anilines is 1. The Balaban J connectivity index is 2.22. The van der Waals surface area contributed by atoms with Crippen LogP contribution in [0.25, 0.3) is 0 Å². The molecule has 0 spiro atoms. The lowest BCUT2D eigenvalue weighted by Crippen LogP contribution is -2.12. The molecule has 0 bridgehead atoms. The van der Waals surface area contributed by atoms with Gasteiger partial charge in [0.05, 0.1) is 17.0 Å². The summed E-state index contributed by atoms with van der Waals surface area (Å²) in [4.78, 5) is 33.4. The van der Waals surface area contributed by atoms with Gasteiger partial charge in [-0.15, -0.1) is 11.8 Å². The molecule has 1 heterocycles. The molecule has 1 aliphatic rings. The first-order chi connectivity index (χ1) is 7.58. The third-order valence-corrected chi connectivity index (χ3v) is 3.03. The molecule has 0 fully saturated rings. The van der Waals surface area contributed by atoms with Crippen LogP contribution in [0.1, 0.15) is 10.4 Å². The van der Waals surface area contributed by atoms with Crippen molar-refractivity contribution in [3.05, 3.63) is 23.8 Å². The molecule has 0 radical (unpaired) electrons. The third kappa shape index (κ3) is 1.92. The molecule has 0 saturated carbocycles. The molecule has 1 aromatic carbocycles. The fraction of sp³-hybridized carbons (Fsp3) is 0.100. The smallest absolute Gasteiger partial charge is 0.313 e. The highest BCUT2D eigenvalue weighted by Gasteiger charge is 2.27. The van der Waals surface area contributed by atoms with Crippen molar-refractivity contribution in [2.24, 2.45) is 0 Å². The van der Waals surface area contributed by atoms with Crippen LogP contribution in [0, 0.1) is 0 Å². The normalized spacial score (nSPS) is 13.5. The van der Waals surface area contributed by atoms with E-state index >= 15 is 0 Å². The van der Waals surface area contributed by atoms with Gasteiger partial charge in [-0.1, -0.05) is 0 Å². The number of rotatable bonds is 3. The monoisotopic (exact) mass is 237 g/mol. The zero-order valence-electron chi connectivity index (χ0n) is 8.02. The Hall–Kier alpha value is -1.82. The number of hydrogen-bond donors (Lipinski definition) is 2. The van der Waals surface area contributed by atoms with Crippen molar-refractivity contribution in [1.82, 2.24) is 0 Å². The molecule has 2 rings (SSSR count). The van der Waals surface area contributed by atoms with E-state index in [1.54, 1.807) is 12.1 Å². The number of carboxylic acids is 1. The zero-order valence-corrected chi connectivity index (χ0v) is 8.84. The SMILES string of the molecule is O=C(O)CSc1ccc2c(c1)NC(=O)C2=O. The minimum absolute atomic E-state index is 0.0549. The molecule has 6 heteroatoms. The van der Waals surface area contributed by atoms with E-state index in [-0.39, 0.29) is 5.75 Å².